The Balaban J connectivity index is 1.84. The maximum absolute atomic E-state index is 12.6. The van der Waals surface area contributed by atoms with Crippen molar-refractivity contribution in [3.8, 4) is 0 Å². The number of hydrogen-bond donors (Lipinski definition) is 1. The molecule has 5 atom stereocenters. The van der Waals surface area contributed by atoms with E-state index in [1.54, 1.807) is 13.0 Å². The molecule has 0 spiro atoms. The van der Waals surface area contributed by atoms with Crippen molar-refractivity contribution in [1.29, 1.82) is 0 Å². The standard InChI is InChI=1S/C19H24O6/c1-18-13(9-6-10-15(21)24-2)14(20)11-19(18,17(23)25-18)16(22)12-7-4-3-5-8-12/h4,6-7,10,12-13,16,22H,3,5,8-9,11H2,1-2H3/b10-6+/t12-,13+,16+,18+,19-/m1/s1. The zero-order valence-corrected chi connectivity index (χ0v) is 14.6. The molecular formula is C19H24O6. The van der Waals surface area contributed by atoms with Crippen molar-refractivity contribution in [1.82, 2.24) is 0 Å². The van der Waals surface area contributed by atoms with E-state index in [-0.39, 0.29) is 24.5 Å². The Morgan fingerprint density at radius 3 is 2.88 bits per heavy atom. The average Bonchev–Trinajstić information content (AvgIpc) is 2.79. The Morgan fingerprint density at radius 2 is 2.28 bits per heavy atom. The highest BCUT2D eigenvalue weighted by molar-refractivity contribution is 6.00. The van der Waals surface area contributed by atoms with Gasteiger partial charge in [0, 0.05) is 18.4 Å². The molecule has 0 aromatic rings. The van der Waals surface area contributed by atoms with Crippen LogP contribution in [-0.4, -0.2) is 41.6 Å². The van der Waals surface area contributed by atoms with Crippen molar-refractivity contribution >= 4 is 17.7 Å². The van der Waals surface area contributed by atoms with Crippen LogP contribution in [0.2, 0.25) is 0 Å². The fourth-order valence-electron chi connectivity index (χ4n) is 4.58. The highest BCUT2D eigenvalue weighted by Gasteiger charge is 2.78. The molecule has 25 heavy (non-hydrogen) atoms. The molecule has 6 heteroatoms. The summed E-state index contributed by atoms with van der Waals surface area (Å²) in [4.78, 5) is 36.2. The van der Waals surface area contributed by atoms with Crippen LogP contribution >= 0.6 is 0 Å². The smallest absolute Gasteiger partial charge is 0.330 e. The number of carbonyl (C=O) groups is 3. The lowest BCUT2D eigenvalue weighted by Gasteiger charge is -2.55. The van der Waals surface area contributed by atoms with Crippen LogP contribution in [0.5, 0.6) is 0 Å². The van der Waals surface area contributed by atoms with E-state index in [0.29, 0.717) is 0 Å². The molecule has 3 aliphatic rings. The van der Waals surface area contributed by atoms with E-state index in [1.165, 1.54) is 13.2 Å². The van der Waals surface area contributed by atoms with Crippen molar-refractivity contribution < 1.29 is 29.0 Å². The molecule has 1 saturated carbocycles. The number of allylic oxidation sites excluding steroid dienone is 2. The van der Waals surface area contributed by atoms with E-state index in [1.807, 2.05) is 12.2 Å². The Morgan fingerprint density at radius 1 is 1.52 bits per heavy atom. The first-order valence-corrected chi connectivity index (χ1v) is 8.72. The van der Waals surface area contributed by atoms with Crippen LogP contribution in [0, 0.1) is 17.3 Å². The summed E-state index contributed by atoms with van der Waals surface area (Å²) >= 11 is 0. The summed E-state index contributed by atoms with van der Waals surface area (Å²) in [5, 5.41) is 11.0. The number of Topliss-reactive ketones (excluding diaryl/α,β-unsaturated/α-hetero) is 1. The number of ketones is 1. The monoisotopic (exact) mass is 348 g/mol. The first kappa shape index (κ1) is 17.9. The third kappa shape index (κ3) is 2.54. The molecule has 2 fully saturated rings. The largest absolute Gasteiger partial charge is 0.466 e. The van der Waals surface area contributed by atoms with Gasteiger partial charge in [-0.05, 0) is 32.6 Å². The molecule has 1 N–H and O–H groups in total. The van der Waals surface area contributed by atoms with Gasteiger partial charge in [-0.3, -0.25) is 9.59 Å². The molecule has 1 heterocycles. The van der Waals surface area contributed by atoms with Gasteiger partial charge < -0.3 is 14.6 Å². The van der Waals surface area contributed by atoms with Crippen LogP contribution in [0.15, 0.2) is 24.3 Å². The molecule has 0 unspecified atom stereocenters. The number of esters is 2. The van der Waals surface area contributed by atoms with Crippen molar-refractivity contribution in [2.75, 3.05) is 7.11 Å². The number of hydrogen-bond acceptors (Lipinski definition) is 6. The predicted molar refractivity (Wildman–Crippen MR) is 88.3 cm³/mol. The molecule has 0 bridgehead atoms. The minimum absolute atomic E-state index is 0.00935. The summed E-state index contributed by atoms with van der Waals surface area (Å²) < 4.78 is 9.98. The SMILES string of the molecule is COC(=O)/C=C/C[C@H]1C(=O)C[C@@]2([C@@H](O)[C@@H]3C=CCCC3)C(=O)O[C@@]12C. The number of ether oxygens (including phenoxy) is 2. The fourth-order valence-corrected chi connectivity index (χ4v) is 4.58. The normalized spacial score (nSPS) is 38.2. The number of aliphatic hydroxyl groups is 1. The van der Waals surface area contributed by atoms with Gasteiger partial charge >= 0.3 is 11.9 Å². The van der Waals surface area contributed by atoms with E-state index in [0.717, 1.165) is 19.3 Å². The lowest BCUT2D eigenvalue weighted by Crippen LogP contribution is -2.70. The molecule has 136 valence electrons. The Hall–Kier alpha value is -1.95. The van der Waals surface area contributed by atoms with Crippen LogP contribution in [-0.2, 0) is 23.9 Å². The summed E-state index contributed by atoms with van der Waals surface area (Å²) in [6.45, 7) is 1.73. The molecule has 6 nitrogen and oxygen atoms in total. The van der Waals surface area contributed by atoms with E-state index in [4.69, 9.17) is 4.74 Å². The Bertz CT molecular complexity index is 650. The zero-order chi connectivity index (χ0) is 18.2. The minimum Gasteiger partial charge on any atom is -0.466 e. The maximum Gasteiger partial charge on any atom is 0.330 e. The number of rotatable bonds is 5. The number of aliphatic hydroxyl groups excluding tert-OH is 1. The zero-order valence-electron chi connectivity index (χ0n) is 14.6. The second-order valence-corrected chi connectivity index (χ2v) is 7.29. The van der Waals surface area contributed by atoms with Crippen molar-refractivity contribution in [3.63, 3.8) is 0 Å². The summed E-state index contributed by atoms with van der Waals surface area (Å²) in [6, 6.07) is 0. The van der Waals surface area contributed by atoms with Crippen LogP contribution in [0.1, 0.15) is 39.0 Å². The lowest BCUT2D eigenvalue weighted by molar-refractivity contribution is -0.262. The molecule has 2 aliphatic carbocycles. The first-order chi connectivity index (χ1) is 11.9. The van der Waals surface area contributed by atoms with Gasteiger partial charge in [0.2, 0.25) is 0 Å². The number of carbonyl (C=O) groups excluding carboxylic acids is 3. The minimum atomic E-state index is -1.18. The maximum atomic E-state index is 12.6. The molecule has 0 radical (unpaired) electrons. The van der Waals surface area contributed by atoms with Crippen LogP contribution in [0.4, 0.5) is 0 Å². The van der Waals surface area contributed by atoms with Crippen molar-refractivity contribution in [2.45, 2.75) is 50.7 Å². The van der Waals surface area contributed by atoms with E-state index in [9.17, 15) is 19.5 Å². The summed E-state index contributed by atoms with van der Waals surface area (Å²) in [5.41, 5.74) is -2.22. The van der Waals surface area contributed by atoms with Gasteiger partial charge in [-0.15, -0.1) is 0 Å². The molecular weight excluding hydrogens is 324 g/mol. The molecule has 1 saturated heterocycles. The number of fused-ring (bicyclic) bond motifs is 1. The quantitative estimate of drug-likeness (QED) is 0.462. The van der Waals surface area contributed by atoms with Gasteiger partial charge in [0.05, 0.1) is 19.1 Å². The van der Waals surface area contributed by atoms with E-state index >= 15 is 0 Å². The molecule has 0 aromatic heterocycles. The van der Waals surface area contributed by atoms with Gasteiger partial charge in [-0.2, -0.15) is 0 Å². The Labute approximate surface area is 146 Å². The van der Waals surface area contributed by atoms with Gasteiger partial charge in [-0.1, -0.05) is 18.2 Å². The van der Waals surface area contributed by atoms with Gasteiger partial charge in [-0.25, -0.2) is 4.79 Å². The van der Waals surface area contributed by atoms with E-state index < -0.39 is 35.0 Å². The van der Waals surface area contributed by atoms with E-state index in [2.05, 4.69) is 4.74 Å². The third-order valence-electron chi connectivity index (χ3n) is 6.09. The van der Waals surface area contributed by atoms with Crippen molar-refractivity contribution in [3.05, 3.63) is 24.3 Å². The third-order valence-corrected chi connectivity index (χ3v) is 6.09. The van der Waals surface area contributed by atoms with Gasteiger partial charge in [0.1, 0.15) is 16.8 Å². The summed E-state index contributed by atoms with van der Waals surface area (Å²) in [6.07, 6.45) is 8.84. The average molecular weight is 348 g/mol. The Kier molecular flexibility index (Phi) is 4.58. The van der Waals surface area contributed by atoms with Crippen molar-refractivity contribution in [2.24, 2.45) is 17.3 Å². The van der Waals surface area contributed by atoms with Crippen LogP contribution in [0.3, 0.4) is 0 Å². The second kappa shape index (κ2) is 6.41. The second-order valence-electron chi connectivity index (χ2n) is 7.29. The molecule has 0 amide bonds. The van der Waals surface area contributed by atoms with Crippen LogP contribution < -0.4 is 0 Å². The molecule has 3 rings (SSSR count). The van der Waals surface area contributed by atoms with Crippen LogP contribution in [0.25, 0.3) is 0 Å². The lowest BCUT2D eigenvalue weighted by atomic mass is 9.60. The highest BCUT2D eigenvalue weighted by atomic mass is 16.6. The highest BCUT2D eigenvalue weighted by Crippen LogP contribution is 2.62. The first-order valence-electron chi connectivity index (χ1n) is 8.72. The topological polar surface area (TPSA) is 89.9 Å². The number of methoxy groups -OCH3 is 1. The summed E-state index contributed by atoms with van der Waals surface area (Å²) in [7, 11) is 1.28. The summed E-state index contributed by atoms with van der Waals surface area (Å²) in [5.74, 6) is -1.80. The van der Waals surface area contributed by atoms with Gasteiger partial charge in [0.15, 0.2) is 0 Å². The van der Waals surface area contributed by atoms with Gasteiger partial charge in [0.25, 0.3) is 0 Å². The fraction of sp³-hybridized carbons (Fsp3) is 0.632. The predicted octanol–water partition coefficient (Wildman–Crippen LogP) is 1.71. The molecule has 1 aliphatic heterocycles. The molecule has 0 aromatic carbocycles.